The molecule has 0 saturated heterocycles. The molecule has 1 aromatic carbocycles. The van der Waals surface area contributed by atoms with Gasteiger partial charge in [0.25, 0.3) is 5.91 Å². The van der Waals surface area contributed by atoms with E-state index in [0.717, 1.165) is 34.9 Å². The molecule has 0 bridgehead atoms. The number of hydrogen-bond acceptors (Lipinski definition) is 6. The predicted molar refractivity (Wildman–Crippen MR) is 103 cm³/mol. The molecule has 1 fully saturated rings. The highest BCUT2D eigenvalue weighted by Crippen LogP contribution is 2.38. The van der Waals surface area contributed by atoms with Crippen LogP contribution in [0.2, 0.25) is 0 Å². The second kappa shape index (κ2) is 6.24. The lowest BCUT2D eigenvalue weighted by Gasteiger charge is -2.07. The SMILES string of the molecule is Cc1nc(-c2cccc(NC(=O)c3ccc4nnc(C5CC5)n4n3)c2)cs1. The maximum absolute atomic E-state index is 12.7. The molecule has 0 spiro atoms. The maximum Gasteiger partial charge on any atom is 0.276 e. The Hall–Kier alpha value is -3.13. The number of rotatable bonds is 4. The minimum atomic E-state index is -0.265. The van der Waals surface area contributed by atoms with E-state index in [-0.39, 0.29) is 5.91 Å². The molecule has 0 atom stereocenters. The molecule has 0 unspecified atom stereocenters. The topological polar surface area (TPSA) is 85.1 Å². The molecule has 1 aliphatic carbocycles. The zero-order chi connectivity index (χ0) is 18.4. The van der Waals surface area contributed by atoms with Gasteiger partial charge in [0, 0.05) is 22.5 Å². The summed E-state index contributed by atoms with van der Waals surface area (Å²) in [5, 5.41) is 18.7. The second-order valence-corrected chi connectivity index (χ2v) is 7.67. The third-order valence-corrected chi connectivity index (χ3v) is 5.27. The molecule has 7 nitrogen and oxygen atoms in total. The molecule has 5 rings (SSSR count). The van der Waals surface area contributed by atoms with Gasteiger partial charge in [-0.3, -0.25) is 4.79 Å². The Labute approximate surface area is 159 Å². The monoisotopic (exact) mass is 376 g/mol. The van der Waals surface area contributed by atoms with Gasteiger partial charge in [-0.15, -0.1) is 21.5 Å². The van der Waals surface area contributed by atoms with E-state index in [1.807, 2.05) is 36.6 Å². The van der Waals surface area contributed by atoms with Crippen LogP contribution in [0.5, 0.6) is 0 Å². The van der Waals surface area contributed by atoms with Crippen molar-refractivity contribution in [2.45, 2.75) is 25.7 Å². The summed E-state index contributed by atoms with van der Waals surface area (Å²) in [5.41, 5.74) is 3.58. The molecule has 1 aliphatic rings. The Bertz CT molecular complexity index is 1160. The third-order valence-electron chi connectivity index (χ3n) is 4.50. The number of amides is 1. The summed E-state index contributed by atoms with van der Waals surface area (Å²) >= 11 is 1.60. The summed E-state index contributed by atoms with van der Waals surface area (Å²) in [4.78, 5) is 17.2. The lowest BCUT2D eigenvalue weighted by Crippen LogP contribution is -2.15. The highest BCUT2D eigenvalue weighted by Gasteiger charge is 2.29. The highest BCUT2D eigenvalue weighted by atomic mass is 32.1. The van der Waals surface area contributed by atoms with Crippen molar-refractivity contribution in [3.05, 3.63) is 58.3 Å². The van der Waals surface area contributed by atoms with E-state index >= 15 is 0 Å². The summed E-state index contributed by atoms with van der Waals surface area (Å²) in [7, 11) is 0. The molecule has 134 valence electrons. The molecule has 27 heavy (non-hydrogen) atoms. The van der Waals surface area contributed by atoms with Gasteiger partial charge >= 0.3 is 0 Å². The van der Waals surface area contributed by atoms with Crippen LogP contribution in [0.3, 0.4) is 0 Å². The minimum Gasteiger partial charge on any atom is -0.321 e. The zero-order valence-corrected chi connectivity index (χ0v) is 15.4. The summed E-state index contributed by atoms with van der Waals surface area (Å²) in [5.74, 6) is 0.976. The first kappa shape index (κ1) is 16.1. The lowest BCUT2D eigenvalue weighted by atomic mass is 10.1. The number of carbonyl (C=O) groups is 1. The van der Waals surface area contributed by atoms with Crippen LogP contribution in [0.1, 0.15) is 40.1 Å². The van der Waals surface area contributed by atoms with Gasteiger partial charge in [0.1, 0.15) is 5.69 Å². The standard InChI is InChI=1S/C19H16N6OS/c1-11-20-16(10-27-11)13-3-2-4-14(9-13)21-19(26)15-7-8-17-22-23-18(12-5-6-12)25(17)24-15/h2-4,7-10,12H,5-6H2,1H3,(H,21,26). The summed E-state index contributed by atoms with van der Waals surface area (Å²) in [6.45, 7) is 1.97. The van der Waals surface area contributed by atoms with Crippen molar-refractivity contribution in [3.8, 4) is 11.3 Å². The number of carbonyl (C=O) groups excluding carboxylic acids is 1. The lowest BCUT2D eigenvalue weighted by molar-refractivity contribution is 0.102. The minimum absolute atomic E-state index is 0.265. The van der Waals surface area contributed by atoms with E-state index < -0.39 is 0 Å². The first-order valence-corrected chi connectivity index (χ1v) is 9.61. The van der Waals surface area contributed by atoms with Crippen molar-refractivity contribution in [1.82, 2.24) is 24.8 Å². The van der Waals surface area contributed by atoms with Crippen molar-refractivity contribution < 1.29 is 4.79 Å². The number of fused-ring (bicyclic) bond motifs is 1. The van der Waals surface area contributed by atoms with E-state index in [0.29, 0.717) is 22.9 Å². The fraction of sp³-hybridized carbons (Fsp3) is 0.211. The molecule has 4 aromatic rings. The quantitative estimate of drug-likeness (QED) is 0.587. The molecule has 1 N–H and O–H groups in total. The fourth-order valence-electron chi connectivity index (χ4n) is 2.97. The van der Waals surface area contributed by atoms with E-state index in [4.69, 9.17) is 0 Å². The second-order valence-electron chi connectivity index (χ2n) is 6.61. The first-order valence-electron chi connectivity index (χ1n) is 8.74. The molecule has 1 amide bonds. The van der Waals surface area contributed by atoms with Crippen molar-refractivity contribution in [2.75, 3.05) is 5.32 Å². The predicted octanol–water partition coefficient (Wildman–Crippen LogP) is 3.69. The molecule has 0 radical (unpaired) electrons. The van der Waals surface area contributed by atoms with Gasteiger partial charge in [0.15, 0.2) is 11.5 Å². The molecular weight excluding hydrogens is 360 g/mol. The third kappa shape index (κ3) is 3.08. The number of benzene rings is 1. The van der Waals surface area contributed by atoms with E-state index in [1.165, 1.54) is 0 Å². The number of thiazole rings is 1. The van der Waals surface area contributed by atoms with Gasteiger partial charge in [0.05, 0.1) is 10.7 Å². The number of aryl methyl sites for hydroxylation is 1. The Morgan fingerprint density at radius 2 is 2.11 bits per heavy atom. The fourth-order valence-corrected chi connectivity index (χ4v) is 3.59. The van der Waals surface area contributed by atoms with E-state index in [9.17, 15) is 4.79 Å². The van der Waals surface area contributed by atoms with E-state index in [2.05, 4.69) is 25.6 Å². The van der Waals surface area contributed by atoms with E-state index in [1.54, 1.807) is 28.0 Å². The van der Waals surface area contributed by atoms with Crippen LogP contribution in [0.25, 0.3) is 16.9 Å². The maximum atomic E-state index is 12.7. The van der Waals surface area contributed by atoms with Crippen LogP contribution in [-0.4, -0.2) is 30.7 Å². The summed E-state index contributed by atoms with van der Waals surface area (Å²) in [6, 6.07) is 11.1. The van der Waals surface area contributed by atoms with Crippen LogP contribution in [-0.2, 0) is 0 Å². The van der Waals surface area contributed by atoms with Crippen LogP contribution < -0.4 is 5.32 Å². The van der Waals surface area contributed by atoms with Crippen molar-refractivity contribution in [2.24, 2.45) is 0 Å². The van der Waals surface area contributed by atoms with Gasteiger partial charge in [-0.2, -0.15) is 9.61 Å². The Kier molecular flexibility index (Phi) is 3.71. The van der Waals surface area contributed by atoms with Crippen molar-refractivity contribution in [1.29, 1.82) is 0 Å². The Balaban J connectivity index is 1.42. The van der Waals surface area contributed by atoms with Crippen LogP contribution in [0.4, 0.5) is 5.69 Å². The van der Waals surface area contributed by atoms with Gasteiger partial charge < -0.3 is 5.32 Å². The molecule has 3 aromatic heterocycles. The number of nitrogens with one attached hydrogen (secondary N) is 1. The molecule has 1 saturated carbocycles. The number of anilines is 1. The molecular formula is C19H16N6OS. The van der Waals surface area contributed by atoms with Crippen molar-refractivity contribution in [3.63, 3.8) is 0 Å². The average Bonchev–Trinajstić information content (AvgIpc) is 3.28. The summed E-state index contributed by atoms with van der Waals surface area (Å²) in [6.07, 6.45) is 2.20. The smallest absolute Gasteiger partial charge is 0.276 e. The van der Waals surface area contributed by atoms with Gasteiger partial charge in [-0.05, 0) is 44.0 Å². The highest BCUT2D eigenvalue weighted by molar-refractivity contribution is 7.09. The van der Waals surface area contributed by atoms with Gasteiger partial charge in [-0.1, -0.05) is 12.1 Å². The normalized spacial score (nSPS) is 13.8. The van der Waals surface area contributed by atoms with Crippen LogP contribution in [0.15, 0.2) is 41.8 Å². The van der Waals surface area contributed by atoms with Gasteiger partial charge in [0.2, 0.25) is 0 Å². The zero-order valence-electron chi connectivity index (χ0n) is 14.6. The largest absolute Gasteiger partial charge is 0.321 e. The van der Waals surface area contributed by atoms with Crippen LogP contribution >= 0.6 is 11.3 Å². The molecule has 3 heterocycles. The number of nitrogens with zero attached hydrogens (tertiary/aromatic N) is 5. The average molecular weight is 376 g/mol. The first-order chi connectivity index (χ1) is 13.2. The van der Waals surface area contributed by atoms with Crippen molar-refractivity contribution >= 4 is 28.6 Å². The molecule has 8 heteroatoms. The van der Waals surface area contributed by atoms with Gasteiger partial charge in [-0.25, -0.2) is 4.98 Å². The summed E-state index contributed by atoms with van der Waals surface area (Å²) < 4.78 is 1.68. The Morgan fingerprint density at radius 1 is 1.22 bits per heavy atom. The Morgan fingerprint density at radius 3 is 2.89 bits per heavy atom. The number of hydrogen-bond donors (Lipinski definition) is 1. The van der Waals surface area contributed by atoms with Crippen LogP contribution in [0, 0.1) is 6.92 Å². The number of aromatic nitrogens is 5. The molecule has 0 aliphatic heterocycles.